The van der Waals surface area contributed by atoms with Gasteiger partial charge in [-0.15, -0.1) is 24.8 Å². The van der Waals surface area contributed by atoms with Gasteiger partial charge in [0, 0.05) is 26.3 Å². The molecule has 1 aliphatic heterocycles. The summed E-state index contributed by atoms with van der Waals surface area (Å²) in [6, 6.07) is 0. The van der Waals surface area contributed by atoms with Crippen LogP contribution < -0.4 is 5.73 Å². The Morgan fingerprint density at radius 2 is 2.24 bits per heavy atom. The highest BCUT2D eigenvalue weighted by atomic mass is 35.5. The van der Waals surface area contributed by atoms with Gasteiger partial charge in [-0.1, -0.05) is 0 Å². The minimum Gasteiger partial charge on any atom is -0.330 e. The number of aromatic nitrogens is 2. The van der Waals surface area contributed by atoms with Crippen molar-refractivity contribution in [3.63, 3.8) is 0 Å². The molecule has 1 fully saturated rings. The molecule has 0 aliphatic carbocycles. The topological polar surface area (TPSA) is 47.1 Å². The zero-order valence-corrected chi connectivity index (χ0v) is 11.8. The van der Waals surface area contributed by atoms with Gasteiger partial charge in [-0.05, 0) is 37.4 Å². The molecule has 1 unspecified atom stereocenters. The molecule has 2 N–H and O–H groups in total. The molecule has 0 saturated carbocycles. The summed E-state index contributed by atoms with van der Waals surface area (Å²) < 4.78 is 1.86. The summed E-state index contributed by atoms with van der Waals surface area (Å²) in [5.74, 6) is 0.721. The van der Waals surface area contributed by atoms with Crippen molar-refractivity contribution < 1.29 is 0 Å². The Morgan fingerprint density at radius 1 is 1.47 bits per heavy atom. The van der Waals surface area contributed by atoms with Crippen LogP contribution in [-0.2, 0) is 13.5 Å². The summed E-state index contributed by atoms with van der Waals surface area (Å²) in [5, 5.41) is 4.17. The van der Waals surface area contributed by atoms with Crippen LogP contribution in [0.25, 0.3) is 0 Å². The third-order valence-electron chi connectivity index (χ3n) is 3.18. The molecule has 4 nitrogen and oxygen atoms in total. The molecule has 2 heterocycles. The molecule has 1 aromatic rings. The second-order valence-electron chi connectivity index (χ2n) is 4.46. The van der Waals surface area contributed by atoms with E-state index in [9.17, 15) is 0 Å². The van der Waals surface area contributed by atoms with Gasteiger partial charge in [0.2, 0.25) is 0 Å². The molecular weight excluding hydrogens is 259 g/mol. The zero-order valence-electron chi connectivity index (χ0n) is 10.2. The first-order chi connectivity index (χ1) is 7.28. The van der Waals surface area contributed by atoms with Gasteiger partial charge < -0.3 is 10.6 Å². The van der Waals surface area contributed by atoms with Crippen LogP contribution in [0.15, 0.2) is 12.4 Å². The number of aryl methyl sites for hydroxylation is 1. The first-order valence-corrected chi connectivity index (χ1v) is 5.68. The van der Waals surface area contributed by atoms with Crippen molar-refractivity contribution in [1.82, 2.24) is 14.7 Å². The first kappa shape index (κ1) is 16.7. The van der Waals surface area contributed by atoms with Gasteiger partial charge in [0.05, 0.1) is 6.20 Å². The molecule has 0 aromatic carbocycles. The Morgan fingerprint density at radius 3 is 2.76 bits per heavy atom. The van der Waals surface area contributed by atoms with Crippen molar-refractivity contribution in [2.45, 2.75) is 12.8 Å². The second kappa shape index (κ2) is 7.93. The minimum atomic E-state index is 0. The molecular formula is C11H22Cl2N4. The Bertz CT molecular complexity index is 316. The third-order valence-corrected chi connectivity index (χ3v) is 3.18. The number of rotatable bonds is 4. The van der Waals surface area contributed by atoms with E-state index in [0.29, 0.717) is 0 Å². The van der Waals surface area contributed by atoms with Gasteiger partial charge in [-0.25, -0.2) is 0 Å². The lowest BCUT2D eigenvalue weighted by atomic mass is 10.1. The van der Waals surface area contributed by atoms with E-state index >= 15 is 0 Å². The SMILES string of the molecule is Cl.Cl.Cn1cc(CCN2CCC(CN)C2)cn1. The highest BCUT2D eigenvalue weighted by molar-refractivity contribution is 5.85. The zero-order chi connectivity index (χ0) is 10.7. The quantitative estimate of drug-likeness (QED) is 0.898. The number of halogens is 2. The summed E-state index contributed by atoms with van der Waals surface area (Å²) in [7, 11) is 1.96. The Labute approximate surface area is 115 Å². The van der Waals surface area contributed by atoms with Crippen LogP contribution in [0.3, 0.4) is 0 Å². The maximum Gasteiger partial charge on any atom is 0.0522 e. The van der Waals surface area contributed by atoms with E-state index in [-0.39, 0.29) is 24.8 Å². The van der Waals surface area contributed by atoms with Gasteiger partial charge in [-0.2, -0.15) is 5.10 Å². The van der Waals surface area contributed by atoms with E-state index in [4.69, 9.17) is 5.73 Å². The third kappa shape index (κ3) is 4.84. The summed E-state index contributed by atoms with van der Waals surface area (Å²) in [5.41, 5.74) is 6.99. The Balaban J connectivity index is 0.00000128. The van der Waals surface area contributed by atoms with Crippen LogP contribution in [0, 0.1) is 5.92 Å². The summed E-state index contributed by atoms with van der Waals surface area (Å²) >= 11 is 0. The molecule has 1 aliphatic rings. The standard InChI is InChI=1S/C11H20N4.2ClH/c1-14-8-11(7-13-14)3-5-15-4-2-10(6-12)9-15;;/h7-8,10H,2-6,9,12H2,1H3;2*1H. The van der Waals surface area contributed by atoms with Crippen LogP contribution in [0.5, 0.6) is 0 Å². The fraction of sp³-hybridized carbons (Fsp3) is 0.727. The molecule has 0 spiro atoms. The lowest BCUT2D eigenvalue weighted by Crippen LogP contribution is -2.25. The van der Waals surface area contributed by atoms with Crippen LogP contribution >= 0.6 is 24.8 Å². The average molecular weight is 281 g/mol. The summed E-state index contributed by atoms with van der Waals surface area (Å²) in [6.45, 7) is 4.37. The van der Waals surface area contributed by atoms with E-state index in [2.05, 4.69) is 16.2 Å². The van der Waals surface area contributed by atoms with Crippen LogP contribution in [-0.4, -0.2) is 40.9 Å². The van der Waals surface area contributed by atoms with Crippen molar-refractivity contribution >= 4 is 24.8 Å². The molecule has 6 heteroatoms. The van der Waals surface area contributed by atoms with E-state index in [0.717, 1.165) is 25.4 Å². The van der Waals surface area contributed by atoms with E-state index in [1.54, 1.807) is 0 Å². The van der Waals surface area contributed by atoms with Gasteiger partial charge >= 0.3 is 0 Å². The van der Waals surface area contributed by atoms with Crippen molar-refractivity contribution in [2.75, 3.05) is 26.2 Å². The lowest BCUT2D eigenvalue weighted by molar-refractivity contribution is 0.329. The molecule has 1 saturated heterocycles. The maximum absolute atomic E-state index is 5.67. The van der Waals surface area contributed by atoms with E-state index < -0.39 is 0 Å². The summed E-state index contributed by atoms with van der Waals surface area (Å²) in [6.07, 6.45) is 6.42. The maximum atomic E-state index is 5.67. The Kier molecular flexibility index (Phi) is 7.79. The van der Waals surface area contributed by atoms with Crippen LogP contribution in [0.2, 0.25) is 0 Å². The van der Waals surface area contributed by atoms with Crippen molar-refractivity contribution in [3.8, 4) is 0 Å². The predicted molar refractivity (Wildman–Crippen MR) is 75.0 cm³/mol. The fourth-order valence-corrected chi connectivity index (χ4v) is 2.20. The molecule has 100 valence electrons. The molecule has 2 rings (SSSR count). The number of hydrogen-bond acceptors (Lipinski definition) is 3. The first-order valence-electron chi connectivity index (χ1n) is 5.68. The van der Waals surface area contributed by atoms with Gasteiger partial charge in [0.15, 0.2) is 0 Å². The monoisotopic (exact) mass is 280 g/mol. The largest absolute Gasteiger partial charge is 0.330 e. The number of hydrogen-bond donors (Lipinski definition) is 1. The van der Waals surface area contributed by atoms with Crippen LogP contribution in [0.1, 0.15) is 12.0 Å². The number of nitrogens with two attached hydrogens (primary N) is 1. The molecule has 1 aromatic heterocycles. The molecule has 0 amide bonds. The normalized spacial score (nSPS) is 19.8. The Hall–Kier alpha value is -0.290. The number of likely N-dealkylation sites (tertiary alicyclic amines) is 1. The van der Waals surface area contributed by atoms with Crippen molar-refractivity contribution in [1.29, 1.82) is 0 Å². The van der Waals surface area contributed by atoms with E-state index in [1.165, 1.54) is 25.1 Å². The van der Waals surface area contributed by atoms with Gasteiger partial charge in [0.1, 0.15) is 0 Å². The smallest absolute Gasteiger partial charge is 0.0522 e. The van der Waals surface area contributed by atoms with Crippen molar-refractivity contribution in [2.24, 2.45) is 18.7 Å². The second-order valence-corrected chi connectivity index (χ2v) is 4.46. The van der Waals surface area contributed by atoms with Crippen molar-refractivity contribution in [3.05, 3.63) is 18.0 Å². The summed E-state index contributed by atoms with van der Waals surface area (Å²) in [4.78, 5) is 2.50. The van der Waals surface area contributed by atoms with Gasteiger partial charge in [-0.3, -0.25) is 4.68 Å². The highest BCUT2D eigenvalue weighted by Crippen LogP contribution is 2.14. The molecule has 0 radical (unpaired) electrons. The number of nitrogens with zero attached hydrogens (tertiary/aromatic N) is 3. The van der Waals surface area contributed by atoms with E-state index in [1.807, 2.05) is 17.9 Å². The molecule has 1 atom stereocenters. The van der Waals surface area contributed by atoms with Crippen LogP contribution in [0.4, 0.5) is 0 Å². The lowest BCUT2D eigenvalue weighted by Gasteiger charge is -2.14. The predicted octanol–water partition coefficient (Wildman–Crippen LogP) is 1.09. The molecule has 0 bridgehead atoms. The highest BCUT2D eigenvalue weighted by Gasteiger charge is 2.20. The average Bonchev–Trinajstić information content (AvgIpc) is 2.83. The van der Waals surface area contributed by atoms with Gasteiger partial charge in [0.25, 0.3) is 0 Å². The minimum absolute atomic E-state index is 0. The molecule has 17 heavy (non-hydrogen) atoms. The fourth-order valence-electron chi connectivity index (χ4n) is 2.20.